The molecule has 2 amide bonds. The molecule has 1 N–H and O–H groups in total. The standard InChI is InChI=1S/C20H30N2O3/c1-15(2)21-17(23)20(16-9-7-6-8-10-16)11-13-22(14-12-20)18(24)25-19(3,4)5/h6-10,15H,11-14H2,1-5H3,(H,21,23). The molecule has 0 radical (unpaired) electrons. The molecule has 1 aliphatic heterocycles. The summed E-state index contributed by atoms with van der Waals surface area (Å²) in [6.07, 6.45) is 0.877. The van der Waals surface area contributed by atoms with E-state index in [0.29, 0.717) is 25.9 Å². The monoisotopic (exact) mass is 346 g/mol. The number of likely N-dealkylation sites (tertiary alicyclic amines) is 1. The van der Waals surface area contributed by atoms with Crippen molar-refractivity contribution in [3.05, 3.63) is 35.9 Å². The molecule has 1 saturated heterocycles. The van der Waals surface area contributed by atoms with Gasteiger partial charge >= 0.3 is 6.09 Å². The Balaban J connectivity index is 2.18. The Bertz CT molecular complexity index is 597. The van der Waals surface area contributed by atoms with Gasteiger partial charge in [0.15, 0.2) is 0 Å². The first-order valence-electron chi connectivity index (χ1n) is 8.98. The number of ether oxygens (including phenoxy) is 1. The molecular weight excluding hydrogens is 316 g/mol. The highest BCUT2D eigenvalue weighted by atomic mass is 16.6. The number of hydrogen-bond donors (Lipinski definition) is 1. The van der Waals surface area contributed by atoms with E-state index in [-0.39, 0.29) is 18.0 Å². The molecule has 138 valence electrons. The molecule has 0 spiro atoms. The molecular formula is C20H30N2O3. The maximum Gasteiger partial charge on any atom is 0.410 e. The lowest BCUT2D eigenvalue weighted by Crippen LogP contribution is -2.54. The van der Waals surface area contributed by atoms with Crippen molar-refractivity contribution in [2.24, 2.45) is 0 Å². The van der Waals surface area contributed by atoms with Crippen molar-refractivity contribution >= 4 is 12.0 Å². The fourth-order valence-corrected chi connectivity index (χ4v) is 3.20. The van der Waals surface area contributed by atoms with E-state index in [0.717, 1.165) is 5.56 Å². The molecule has 1 aliphatic rings. The molecule has 0 bridgehead atoms. The van der Waals surface area contributed by atoms with Gasteiger partial charge in [-0.05, 0) is 53.0 Å². The van der Waals surface area contributed by atoms with Crippen LogP contribution in [0.3, 0.4) is 0 Å². The van der Waals surface area contributed by atoms with Crippen LogP contribution in [-0.2, 0) is 14.9 Å². The van der Waals surface area contributed by atoms with Crippen LogP contribution in [0.2, 0.25) is 0 Å². The number of amides is 2. The number of piperidine rings is 1. The van der Waals surface area contributed by atoms with Gasteiger partial charge in [0.1, 0.15) is 5.60 Å². The van der Waals surface area contributed by atoms with Crippen LogP contribution in [-0.4, -0.2) is 41.6 Å². The highest BCUT2D eigenvalue weighted by Crippen LogP contribution is 2.36. The summed E-state index contributed by atoms with van der Waals surface area (Å²) in [5.41, 5.74) is -0.0959. The predicted octanol–water partition coefficient (Wildman–Crippen LogP) is 3.48. The summed E-state index contributed by atoms with van der Waals surface area (Å²) in [5, 5.41) is 3.06. The van der Waals surface area contributed by atoms with Crippen molar-refractivity contribution in [2.45, 2.75) is 64.5 Å². The minimum atomic E-state index is -0.593. The lowest BCUT2D eigenvalue weighted by atomic mass is 9.72. The molecule has 1 heterocycles. The SMILES string of the molecule is CC(C)NC(=O)C1(c2ccccc2)CCN(C(=O)OC(C)(C)C)CC1. The van der Waals surface area contributed by atoms with E-state index in [4.69, 9.17) is 4.74 Å². The van der Waals surface area contributed by atoms with Gasteiger partial charge in [-0.15, -0.1) is 0 Å². The highest BCUT2D eigenvalue weighted by molar-refractivity contribution is 5.89. The van der Waals surface area contributed by atoms with Crippen LogP contribution < -0.4 is 5.32 Å². The van der Waals surface area contributed by atoms with E-state index in [1.165, 1.54) is 0 Å². The zero-order valence-electron chi connectivity index (χ0n) is 16.0. The third-order valence-corrected chi connectivity index (χ3v) is 4.45. The van der Waals surface area contributed by atoms with E-state index in [2.05, 4.69) is 5.32 Å². The van der Waals surface area contributed by atoms with Crippen LogP contribution in [0.5, 0.6) is 0 Å². The molecule has 5 heteroatoms. The molecule has 0 atom stereocenters. The first-order valence-corrected chi connectivity index (χ1v) is 8.98. The zero-order chi connectivity index (χ0) is 18.7. The predicted molar refractivity (Wildman–Crippen MR) is 98.4 cm³/mol. The lowest BCUT2D eigenvalue weighted by Gasteiger charge is -2.41. The lowest BCUT2D eigenvalue weighted by molar-refractivity contribution is -0.129. The summed E-state index contributed by atoms with van der Waals surface area (Å²) in [4.78, 5) is 27.0. The fraction of sp³-hybridized carbons (Fsp3) is 0.600. The quantitative estimate of drug-likeness (QED) is 0.911. The van der Waals surface area contributed by atoms with Gasteiger partial charge in [-0.2, -0.15) is 0 Å². The third kappa shape index (κ3) is 4.74. The zero-order valence-corrected chi connectivity index (χ0v) is 16.0. The van der Waals surface area contributed by atoms with E-state index in [1.807, 2.05) is 65.0 Å². The van der Waals surface area contributed by atoms with E-state index in [9.17, 15) is 9.59 Å². The van der Waals surface area contributed by atoms with E-state index in [1.54, 1.807) is 4.90 Å². The summed E-state index contributed by atoms with van der Waals surface area (Å²) in [6.45, 7) is 10.5. The molecule has 1 fully saturated rings. The van der Waals surface area contributed by atoms with Crippen LogP contribution in [0.15, 0.2) is 30.3 Å². The van der Waals surface area contributed by atoms with Crippen LogP contribution >= 0.6 is 0 Å². The Morgan fingerprint density at radius 3 is 2.16 bits per heavy atom. The number of carbonyl (C=O) groups is 2. The van der Waals surface area contributed by atoms with Gasteiger partial charge in [0, 0.05) is 19.1 Å². The van der Waals surface area contributed by atoms with E-state index < -0.39 is 11.0 Å². The smallest absolute Gasteiger partial charge is 0.410 e. The normalized spacial score (nSPS) is 17.3. The Morgan fingerprint density at radius 1 is 1.12 bits per heavy atom. The van der Waals surface area contributed by atoms with Gasteiger partial charge in [0.2, 0.25) is 5.91 Å². The van der Waals surface area contributed by atoms with Crippen molar-refractivity contribution in [1.82, 2.24) is 10.2 Å². The average molecular weight is 346 g/mol. The second-order valence-electron chi connectivity index (χ2n) is 8.04. The fourth-order valence-electron chi connectivity index (χ4n) is 3.20. The van der Waals surface area contributed by atoms with Crippen LogP contribution in [0.1, 0.15) is 53.0 Å². The Labute approximate surface area is 150 Å². The second-order valence-corrected chi connectivity index (χ2v) is 8.04. The summed E-state index contributed by atoms with van der Waals surface area (Å²) in [7, 11) is 0. The molecule has 0 aromatic heterocycles. The third-order valence-electron chi connectivity index (χ3n) is 4.45. The Kier molecular flexibility index (Phi) is 5.76. The molecule has 0 unspecified atom stereocenters. The van der Waals surface area contributed by atoms with Crippen molar-refractivity contribution in [3.63, 3.8) is 0 Å². The topological polar surface area (TPSA) is 58.6 Å². The number of nitrogens with one attached hydrogen (secondary N) is 1. The Morgan fingerprint density at radius 2 is 1.68 bits per heavy atom. The summed E-state index contributed by atoms with van der Waals surface area (Å²) in [6, 6.07) is 9.95. The first-order chi connectivity index (χ1) is 11.6. The van der Waals surface area contributed by atoms with Crippen LogP contribution in [0.4, 0.5) is 4.79 Å². The molecule has 25 heavy (non-hydrogen) atoms. The number of benzene rings is 1. The Hall–Kier alpha value is -2.04. The van der Waals surface area contributed by atoms with Gasteiger partial charge in [-0.1, -0.05) is 30.3 Å². The number of rotatable bonds is 3. The highest BCUT2D eigenvalue weighted by Gasteiger charge is 2.44. The second kappa shape index (κ2) is 7.46. The van der Waals surface area contributed by atoms with Gasteiger partial charge in [-0.3, -0.25) is 4.79 Å². The van der Waals surface area contributed by atoms with Crippen molar-refractivity contribution < 1.29 is 14.3 Å². The molecule has 5 nitrogen and oxygen atoms in total. The van der Waals surface area contributed by atoms with Gasteiger partial charge in [-0.25, -0.2) is 4.79 Å². The van der Waals surface area contributed by atoms with E-state index >= 15 is 0 Å². The van der Waals surface area contributed by atoms with Crippen LogP contribution in [0.25, 0.3) is 0 Å². The molecule has 1 aromatic rings. The maximum absolute atomic E-state index is 13.0. The summed E-state index contributed by atoms with van der Waals surface area (Å²) in [5.74, 6) is 0.0394. The van der Waals surface area contributed by atoms with Crippen LogP contribution in [0, 0.1) is 0 Å². The largest absolute Gasteiger partial charge is 0.444 e. The number of carbonyl (C=O) groups excluding carboxylic acids is 2. The first kappa shape index (κ1) is 19.3. The van der Waals surface area contributed by atoms with Crippen molar-refractivity contribution in [2.75, 3.05) is 13.1 Å². The molecule has 0 aliphatic carbocycles. The minimum absolute atomic E-state index is 0.0394. The molecule has 1 aromatic carbocycles. The average Bonchev–Trinajstić information content (AvgIpc) is 2.53. The maximum atomic E-state index is 13.0. The van der Waals surface area contributed by atoms with Gasteiger partial charge < -0.3 is 15.0 Å². The summed E-state index contributed by atoms with van der Waals surface area (Å²) >= 11 is 0. The summed E-state index contributed by atoms with van der Waals surface area (Å²) < 4.78 is 5.46. The number of nitrogens with zero attached hydrogens (tertiary/aromatic N) is 1. The molecule has 2 rings (SSSR count). The van der Waals surface area contributed by atoms with Crippen molar-refractivity contribution in [3.8, 4) is 0 Å². The minimum Gasteiger partial charge on any atom is -0.444 e. The van der Waals surface area contributed by atoms with Gasteiger partial charge in [0.25, 0.3) is 0 Å². The van der Waals surface area contributed by atoms with Crippen molar-refractivity contribution in [1.29, 1.82) is 0 Å². The number of hydrogen-bond acceptors (Lipinski definition) is 3. The molecule has 0 saturated carbocycles. The van der Waals surface area contributed by atoms with Gasteiger partial charge in [0.05, 0.1) is 5.41 Å².